The van der Waals surface area contributed by atoms with Crippen LogP contribution in [0, 0.1) is 0 Å². The first-order valence-corrected chi connectivity index (χ1v) is 6.92. The molecule has 0 saturated carbocycles. The van der Waals surface area contributed by atoms with E-state index < -0.39 is 0 Å². The lowest BCUT2D eigenvalue weighted by molar-refractivity contribution is -0.120. The topological polar surface area (TPSA) is 55.1 Å². The van der Waals surface area contributed by atoms with Gasteiger partial charge in [-0.3, -0.25) is 4.79 Å². The molecule has 4 heteroatoms. The molecule has 0 aliphatic carbocycles. The standard InChI is InChI=1S/C12H26N2OS/c1-6-12(7-2,9-13)14-10(15)8-16-11(3,4)5/h6-9,13H2,1-5H3,(H,14,15). The van der Waals surface area contributed by atoms with Crippen LogP contribution in [0.5, 0.6) is 0 Å². The predicted molar refractivity (Wildman–Crippen MR) is 72.7 cm³/mol. The van der Waals surface area contributed by atoms with Crippen LogP contribution in [0.4, 0.5) is 0 Å². The van der Waals surface area contributed by atoms with Gasteiger partial charge in [0.15, 0.2) is 0 Å². The van der Waals surface area contributed by atoms with Crippen LogP contribution >= 0.6 is 11.8 Å². The molecule has 96 valence electrons. The fourth-order valence-electron chi connectivity index (χ4n) is 1.38. The minimum atomic E-state index is -0.213. The molecule has 0 aliphatic heterocycles. The van der Waals surface area contributed by atoms with Gasteiger partial charge in [0.25, 0.3) is 0 Å². The molecule has 0 aliphatic rings. The fourth-order valence-corrected chi connectivity index (χ4v) is 2.02. The summed E-state index contributed by atoms with van der Waals surface area (Å²) in [7, 11) is 0. The summed E-state index contributed by atoms with van der Waals surface area (Å²) in [6.45, 7) is 11.0. The first kappa shape index (κ1) is 15.8. The summed E-state index contributed by atoms with van der Waals surface area (Å²) in [6.07, 6.45) is 1.76. The predicted octanol–water partition coefficient (Wildman–Crippen LogP) is 2.15. The van der Waals surface area contributed by atoms with Crippen LogP contribution in [0.3, 0.4) is 0 Å². The van der Waals surface area contributed by atoms with E-state index in [9.17, 15) is 4.79 Å². The third-order valence-corrected chi connectivity index (χ3v) is 4.06. The smallest absolute Gasteiger partial charge is 0.230 e. The van der Waals surface area contributed by atoms with E-state index in [1.165, 1.54) is 0 Å². The van der Waals surface area contributed by atoms with Gasteiger partial charge in [-0.2, -0.15) is 0 Å². The Morgan fingerprint density at radius 2 is 1.75 bits per heavy atom. The van der Waals surface area contributed by atoms with Crippen molar-refractivity contribution in [1.82, 2.24) is 5.32 Å². The second-order valence-corrected chi connectivity index (χ2v) is 6.94. The molecule has 0 aromatic heterocycles. The average Bonchev–Trinajstić information content (AvgIpc) is 2.22. The van der Waals surface area contributed by atoms with Crippen molar-refractivity contribution in [2.75, 3.05) is 12.3 Å². The largest absolute Gasteiger partial charge is 0.349 e. The summed E-state index contributed by atoms with van der Waals surface area (Å²) in [5.74, 6) is 0.597. The Hall–Kier alpha value is -0.220. The van der Waals surface area contributed by atoms with E-state index in [1.54, 1.807) is 11.8 Å². The molecule has 16 heavy (non-hydrogen) atoms. The number of nitrogens with one attached hydrogen (secondary N) is 1. The highest BCUT2D eigenvalue weighted by molar-refractivity contribution is 8.01. The van der Waals surface area contributed by atoms with Crippen molar-refractivity contribution in [2.24, 2.45) is 5.73 Å². The van der Waals surface area contributed by atoms with Gasteiger partial charge in [-0.1, -0.05) is 34.6 Å². The Morgan fingerprint density at radius 1 is 1.25 bits per heavy atom. The summed E-state index contributed by atoms with van der Waals surface area (Å²) in [4.78, 5) is 11.8. The van der Waals surface area contributed by atoms with Gasteiger partial charge in [-0.25, -0.2) is 0 Å². The zero-order valence-corrected chi connectivity index (χ0v) is 12.0. The molecule has 0 rings (SSSR count). The van der Waals surface area contributed by atoms with Crippen molar-refractivity contribution in [3.05, 3.63) is 0 Å². The second kappa shape index (κ2) is 6.50. The molecule has 0 fully saturated rings. The summed E-state index contributed by atoms with van der Waals surface area (Å²) in [5, 5.41) is 3.07. The van der Waals surface area contributed by atoms with Gasteiger partial charge in [0.1, 0.15) is 0 Å². The third-order valence-electron chi connectivity index (χ3n) is 2.79. The fraction of sp³-hybridized carbons (Fsp3) is 0.917. The number of thioether (sulfide) groups is 1. The van der Waals surface area contributed by atoms with Crippen molar-refractivity contribution in [1.29, 1.82) is 0 Å². The van der Waals surface area contributed by atoms with Crippen LogP contribution in [-0.2, 0) is 4.79 Å². The number of carbonyl (C=O) groups is 1. The van der Waals surface area contributed by atoms with Crippen LogP contribution in [0.25, 0.3) is 0 Å². The van der Waals surface area contributed by atoms with E-state index in [-0.39, 0.29) is 16.2 Å². The molecule has 0 aromatic carbocycles. The van der Waals surface area contributed by atoms with Gasteiger partial charge < -0.3 is 11.1 Å². The Kier molecular flexibility index (Phi) is 6.41. The average molecular weight is 246 g/mol. The minimum absolute atomic E-state index is 0.0917. The highest BCUT2D eigenvalue weighted by Crippen LogP contribution is 2.23. The van der Waals surface area contributed by atoms with Gasteiger partial charge in [0.05, 0.1) is 11.3 Å². The lowest BCUT2D eigenvalue weighted by atomic mass is 9.93. The summed E-state index contributed by atoms with van der Waals surface area (Å²) >= 11 is 1.66. The molecule has 0 unspecified atom stereocenters. The number of amides is 1. The van der Waals surface area contributed by atoms with Crippen LogP contribution in [-0.4, -0.2) is 28.5 Å². The van der Waals surface area contributed by atoms with Crippen molar-refractivity contribution < 1.29 is 4.79 Å². The van der Waals surface area contributed by atoms with Gasteiger partial charge in [-0.15, -0.1) is 11.8 Å². The number of carbonyl (C=O) groups excluding carboxylic acids is 1. The monoisotopic (exact) mass is 246 g/mol. The van der Waals surface area contributed by atoms with Gasteiger partial charge in [-0.05, 0) is 12.8 Å². The molecule has 0 aromatic rings. The molecular formula is C12H26N2OS. The highest BCUT2D eigenvalue weighted by atomic mass is 32.2. The van der Waals surface area contributed by atoms with Crippen LogP contribution in [0.1, 0.15) is 47.5 Å². The molecule has 0 bridgehead atoms. The van der Waals surface area contributed by atoms with Crippen molar-refractivity contribution >= 4 is 17.7 Å². The number of hydrogen-bond acceptors (Lipinski definition) is 3. The van der Waals surface area contributed by atoms with Crippen molar-refractivity contribution in [2.45, 2.75) is 57.7 Å². The van der Waals surface area contributed by atoms with E-state index in [1.807, 2.05) is 0 Å². The summed E-state index contributed by atoms with van der Waals surface area (Å²) in [6, 6.07) is 0. The zero-order chi connectivity index (χ0) is 12.8. The van der Waals surface area contributed by atoms with E-state index in [0.717, 1.165) is 12.8 Å². The quantitative estimate of drug-likeness (QED) is 0.755. The Balaban J connectivity index is 4.21. The van der Waals surface area contributed by atoms with Crippen LogP contribution < -0.4 is 11.1 Å². The number of rotatable bonds is 6. The van der Waals surface area contributed by atoms with E-state index in [4.69, 9.17) is 5.73 Å². The lowest BCUT2D eigenvalue weighted by Crippen LogP contribution is -2.53. The van der Waals surface area contributed by atoms with Gasteiger partial charge in [0, 0.05) is 11.3 Å². The first-order chi connectivity index (χ1) is 7.28. The van der Waals surface area contributed by atoms with E-state index in [2.05, 4.69) is 39.9 Å². The van der Waals surface area contributed by atoms with Gasteiger partial charge >= 0.3 is 0 Å². The Bertz CT molecular complexity index is 211. The summed E-state index contributed by atoms with van der Waals surface area (Å²) < 4.78 is 0.126. The zero-order valence-electron chi connectivity index (χ0n) is 11.2. The molecule has 0 radical (unpaired) electrons. The maximum absolute atomic E-state index is 11.8. The lowest BCUT2D eigenvalue weighted by Gasteiger charge is -2.31. The molecule has 0 atom stereocenters. The van der Waals surface area contributed by atoms with Crippen LogP contribution in [0.2, 0.25) is 0 Å². The highest BCUT2D eigenvalue weighted by Gasteiger charge is 2.26. The Labute approximate surface area is 104 Å². The van der Waals surface area contributed by atoms with E-state index >= 15 is 0 Å². The van der Waals surface area contributed by atoms with Crippen LogP contribution in [0.15, 0.2) is 0 Å². The molecule has 3 N–H and O–H groups in total. The van der Waals surface area contributed by atoms with E-state index in [0.29, 0.717) is 12.3 Å². The van der Waals surface area contributed by atoms with Crippen molar-refractivity contribution in [3.63, 3.8) is 0 Å². The van der Waals surface area contributed by atoms with Gasteiger partial charge in [0.2, 0.25) is 5.91 Å². The number of hydrogen-bond donors (Lipinski definition) is 2. The second-order valence-electron chi connectivity index (χ2n) is 5.14. The maximum atomic E-state index is 11.8. The molecule has 1 amide bonds. The minimum Gasteiger partial charge on any atom is -0.349 e. The third kappa shape index (κ3) is 5.75. The number of nitrogens with two attached hydrogens (primary N) is 1. The maximum Gasteiger partial charge on any atom is 0.230 e. The summed E-state index contributed by atoms with van der Waals surface area (Å²) in [5.41, 5.74) is 5.52. The molecular weight excluding hydrogens is 220 g/mol. The Morgan fingerprint density at radius 3 is 2.06 bits per heavy atom. The van der Waals surface area contributed by atoms with Crippen molar-refractivity contribution in [3.8, 4) is 0 Å². The SMILES string of the molecule is CCC(CC)(CN)NC(=O)CSC(C)(C)C. The molecule has 0 saturated heterocycles. The molecule has 0 spiro atoms. The normalized spacial score (nSPS) is 12.6. The molecule has 0 heterocycles. The first-order valence-electron chi connectivity index (χ1n) is 5.93. The molecule has 3 nitrogen and oxygen atoms in total.